The fourth-order valence-electron chi connectivity index (χ4n) is 2.44. The van der Waals surface area contributed by atoms with Crippen LogP contribution in [-0.4, -0.2) is 18.3 Å². The van der Waals surface area contributed by atoms with E-state index in [4.69, 9.17) is 14.2 Å². The topological polar surface area (TPSA) is 47.9 Å². The molecule has 0 bridgehead atoms. The van der Waals surface area contributed by atoms with E-state index in [0.717, 1.165) is 31.3 Å². The van der Waals surface area contributed by atoms with Crippen LogP contribution in [0.25, 0.3) is 0 Å². The fraction of sp³-hybridized carbons (Fsp3) is 0.400. The number of benzene rings is 2. The van der Waals surface area contributed by atoms with Crippen molar-refractivity contribution in [3.63, 3.8) is 0 Å². The zero-order valence-corrected chi connectivity index (χ0v) is 13.9. The predicted octanol–water partition coefficient (Wildman–Crippen LogP) is 4.90. The van der Waals surface area contributed by atoms with Crippen LogP contribution in [0.5, 0.6) is 28.7 Å². The van der Waals surface area contributed by atoms with Crippen molar-refractivity contribution in [3.05, 3.63) is 42.2 Å². The SMILES string of the molecule is Oc1cc(F)c(OCC2CC2)cc1Oc1ccc(OCC2CC2)cc1. The maximum atomic E-state index is 13.9. The molecule has 2 saturated carbocycles. The van der Waals surface area contributed by atoms with Crippen LogP contribution in [0.4, 0.5) is 4.39 Å². The van der Waals surface area contributed by atoms with Gasteiger partial charge in [-0.25, -0.2) is 4.39 Å². The minimum Gasteiger partial charge on any atom is -0.504 e. The summed E-state index contributed by atoms with van der Waals surface area (Å²) in [5.74, 6) is 1.95. The van der Waals surface area contributed by atoms with E-state index >= 15 is 0 Å². The van der Waals surface area contributed by atoms with Gasteiger partial charge in [0.2, 0.25) is 0 Å². The Morgan fingerprint density at radius 3 is 2.08 bits per heavy atom. The fourth-order valence-corrected chi connectivity index (χ4v) is 2.44. The molecule has 132 valence electrons. The molecule has 4 nitrogen and oxygen atoms in total. The number of ether oxygens (including phenoxy) is 3. The molecule has 0 atom stereocenters. The third kappa shape index (κ3) is 4.35. The van der Waals surface area contributed by atoms with Gasteiger partial charge in [0, 0.05) is 12.1 Å². The predicted molar refractivity (Wildman–Crippen MR) is 91.0 cm³/mol. The van der Waals surface area contributed by atoms with Gasteiger partial charge in [0.1, 0.15) is 11.5 Å². The highest BCUT2D eigenvalue weighted by molar-refractivity contribution is 5.48. The highest BCUT2D eigenvalue weighted by Crippen LogP contribution is 2.38. The molecule has 0 spiro atoms. The summed E-state index contributed by atoms with van der Waals surface area (Å²) in [6.07, 6.45) is 4.74. The number of halogens is 1. The number of hydrogen-bond acceptors (Lipinski definition) is 4. The molecule has 2 aliphatic rings. The molecular weight excluding hydrogens is 323 g/mol. The third-order valence-electron chi connectivity index (χ3n) is 4.42. The second-order valence-corrected chi connectivity index (χ2v) is 6.83. The summed E-state index contributed by atoms with van der Waals surface area (Å²) < 4.78 is 30.7. The lowest BCUT2D eigenvalue weighted by Gasteiger charge is -2.12. The third-order valence-corrected chi connectivity index (χ3v) is 4.42. The van der Waals surface area contributed by atoms with Gasteiger partial charge in [-0.05, 0) is 61.8 Å². The van der Waals surface area contributed by atoms with Crippen molar-refractivity contribution in [1.29, 1.82) is 0 Å². The molecule has 2 aromatic rings. The molecule has 0 heterocycles. The molecule has 0 unspecified atom stereocenters. The van der Waals surface area contributed by atoms with E-state index in [2.05, 4.69) is 0 Å². The standard InChI is InChI=1S/C20H21FO4/c21-17-9-18(22)20(10-19(17)24-12-14-3-4-14)25-16-7-5-15(6-8-16)23-11-13-1-2-13/h5-10,13-14,22H,1-4,11-12H2. The van der Waals surface area contributed by atoms with Crippen LogP contribution >= 0.6 is 0 Å². The van der Waals surface area contributed by atoms with Crippen LogP contribution in [0.15, 0.2) is 36.4 Å². The zero-order chi connectivity index (χ0) is 17.2. The normalized spacial score (nSPS) is 16.5. The summed E-state index contributed by atoms with van der Waals surface area (Å²) in [7, 11) is 0. The van der Waals surface area contributed by atoms with Crippen LogP contribution < -0.4 is 14.2 Å². The van der Waals surface area contributed by atoms with Crippen molar-refractivity contribution in [1.82, 2.24) is 0 Å². The van der Waals surface area contributed by atoms with Crippen LogP contribution in [-0.2, 0) is 0 Å². The van der Waals surface area contributed by atoms with Crippen molar-refractivity contribution >= 4 is 0 Å². The van der Waals surface area contributed by atoms with E-state index in [-0.39, 0.29) is 17.2 Å². The van der Waals surface area contributed by atoms with E-state index in [1.807, 2.05) is 12.1 Å². The first-order valence-corrected chi connectivity index (χ1v) is 8.73. The number of aromatic hydroxyl groups is 1. The molecule has 25 heavy (non-hydrogen) atoms. The van der Waals surface area contributed by atoms with Gasteiger partial charge < -0.3 is 19.3 Å². The van der Waals surface area contributed by atoms with E-state index in [1.54, 1.807) is 12.1 Å². The van der Waals surface area contributed by atoms with Crippen LogP contribution in [0.1, 0.15) is 25.7 Å². The monoisotopic (exact) mass is 344 g/mol. The van der Waals surface area contributed by atoms with Gasteiger partial charge in [-0.15, -0.1) is 0 Å². The van der Waals surface area contributed by atoms with E-state index in [0.29, 0.717) is 24.2 Å². The molecule has 0 saturated heterocycles. The summed E-state index contributed by atoms with van der Waals surface area (Å²) in [5.41, 5.74) is 0. The number of phenols is 1. The highest BCUT2D eigenvalue weighted by Gasteiger charge is 2.23. The van der Waals surface area contributed by atoms with E-state index < -0.39 is 5.82 Å². The molecule has 2 aliphatic carbocycles. The van der Waals surface area contributed by atoms with Crippen molar-refractivity contribution in [2.24, 2.45) is 11.8 Å². The first kappa shape index (κ1) is 16.1. The summed E-state index contributed by atoms with van der Waals surface area (Å²) in [6, 6.07) is 9.58. The molecular formula is C20H21FO4. The Balaban J connectivity index is 1.42. The summed E-state index contributed by atoms with van der Waals surface area (Å²) >= 11 is 0. The molecule has 4 rings (SSSR count). The average Bonchev–Trinajstić information content (AvgIpc) is 3.50. The van der Waals surface area contributed by atoms with Crippen molar-refractivity contribution in [2.45, 2.75) is 25.7 Å². The molecule has 0 aliphatic heterocycles. The Morgan fingerprint density at radius 1 is 0.840 bits per heavy atom. The molecule has 0 aromatic heterocycles. The highest BCUT2D eigenvalue weighted by atomic mass is 19.1. The molecule has 2 aromatic carbocycles. The van der Waals surface area contributed by atoms with Gasteiger partial charge in [0.15, 0.2) is 23.1 Å². The lowest BCUT2D eigenvalue weighted by molar-refractivity contribution is 0.282. The summed E-state index contributed by atoms with van der Waals surface area (Å²) in [4.78, 5) is 0. The Morgan fingerprint density at radius 2 is 1.44 bits per heavy atom. The molecule has 0 amide bonds. The second-order valence-electron chi connectivity index (χ2n) is 6.83. The van der Waals surface area contributed by atoms with Gasteiger partial charge in [0.05, 0.1) is 13.2 Å². The van der Waals surface area contributed by atoms with E-state index in [9.17, 15) is 9.50 Å². The lowest BCUT2D eigenvalue weighted by atomic mass is 10.2. The molecule has 2 fully saturated rings. The number of phenolic OH excluding ortho intramolecular Hbond substituents is 1. The van der Waals surface area contributed by atoms with Crippen LogP contribution in [0.3, 0.4) is 0 Å². The first-order valence-electron chi connectivity index (χ1n) is 8.73. The quantitative estimate of drug-likeness (QED) is 0.740. The summed E-state index contributed by atoms with van der Waals surface area (Å²) in [5, 5.41) is 9.93. The minimum atomic E-state index is -0.589. The van der Waals surface area contributed by atoms with Gasteiger partial charge in [-0.1, -0.05) is 0 Å². The Bertz CT molecular complexity index is 736. The zero-order valence-electron chi connectivity index (χ0n) is 13.9. The van der Waals surface area contributed by atoms with E-state index in [1.165, 1.54) is 18.9 Å². The Labute approximate surface area is 146 Å². The maximum Gasteiger partial charge on any atom is 0.172 e. The van der Waals surface area contributed by atoms with Crippen LogP contribution in [0, 0.1) is 17.7 Å². The van der Waals surface area contributed by atoms with Crippen molar-refractivity contribution in [2.75, 3.05) is 13.2 Å². The van der Waals surface area contributed by atoms with Crippen LogP contribution in [0.2, 0.25) is 0 Å². The molecule has 5 heteroatoms. The Hall–Kier alpha value is -2.43. The van der Waals surface area contributed by atoms with Crippen molar-refractivity contribution < 1.29 is 23.7 Å². The van der Waals surface area contributed by atoms with Crippen molar-refractivity contribution in [3.8, 4) is 28.7 Å². The Kier molecular flexibility index (Phi) is 4.38. The molecule has 0 radical (unpaired) electrons. The molecule has 1 N–H and O–H groups in total. The largest absolute Gasteiger partial charge is 0.504 e. The van der Waals surface area contributed by atoms with Gasteiger partial charge >= 0.3 is 0 Å². The second kappa shape index (κ2) is 6.82. The van der Waals surface area contributed by atoms with Gasteiger partial charge in [-0.2, -0.15) is 0 Å². The first-order chi connectivity index (χ1) is 12.2. The maximum absolute atomic E-state index is 13.9. The lowest BCUT2D eigenvalue weighted by Crippen LogP contribution is -2.01. The average molecular weight is 344 g/mol. The number of rotatable bonds is 8. The summed E-state index contributed by atoms with van der Waals surface area (Å²) in [6.45, 7) is 1.24. The van der Waals surface area contributed by atoms with Gasteiger partial charge in [0.25, 0.3) is 0 Å². The van der Waals surface area contributed by atoms with Gasteiger partial charge in [-0.3, -0.25) is 0 Å². The minimum absolute atomic E-state index is 0.101. The number of hydrogen-bond donors (Lipinski definition) is 1. The smallest absolute Gasteiger partial charge is 0.172 e.